The molecule has 0 bridgehead atoms. The third-order valence-corrected chi connectivity index (χ3v) is 6.23. The van der Waals surface area contributed by atoms with Crippen LogP contribution in [0.4, 0.5) is 0 Å². The van der Waals surface area contributed by atoms with Crippen LogP contribution >= 0.6 is 15.9 Å². The zero-order valence-electron chi connectivity index (χ0n) is 12.5. The van der Waals surface area contributed by atoms with Gasteiger partial charge < -0.3 is 9.47 Å². The van der Waals surface area contributed by atoms with Gasteiger partial charge in [-0.15, -0.1) is 0 Å². The van der Waals surface area contributed by atoms with Crippen LogP contribution < -0.4 is 9.47 Å². The first-order chi connectivity index (χ1) is 9.67. The molecule has 2 nitrogen and oxygen atoms in total. The number of hydrogen-bond acceptors (Lipinski definition) is 2. The van der Waals surface area contributed by atoms with Gasteiger partial charge in [0.2, 0.25) is 0 Å². The van der Waals surface area contributed by atoms with Crippen LogP contribution in [0.25, 0.3) is 0 Å². The van der Waals surface area contributed by atoms with Gasteiger partial charge in [-0.2, -0.15) is 0 Å². The fourth-order valence-electron chi connectivity index (χ4n) is 3.98. The van der Waals surface area contributed by atoms with Crippen LogP contribution in [0.3, 0.4) is 0 Å². The van der Waals surface area contributed by atoms with E-state index in [0.717, 1.165) is 29.3 Å². The molecule has 2 saturated carbocycles. The normalized spacial score (nSPS) is 29.5. The van der Waals surface area contributed by atoms with E-state index in [0.29, 0.717) is 4.83 Å². The summed E-state index contributed by atoms with van der Waals surface area (Å²) in [6.45, 7) is 2.16. The molecular formula is C17H23BrO2. The van der Waals surface area contributed by atoms with E-state index < -0.39 is 0 Å². The van der Waals surface area contributed by atoms with Crippen molar-refractivity contribution in [2.24, 2.45) is 17.8 Å². The van der Waals surface area contributed by atoms with E-state index in [1.807, 2.05) is 0 Å². The number of ether oxygens (including phenoxy) is 2. The van der Waals surface area contributed by atoms with Gasteiger partial charge in [0.25, 0.3) is 0 Å². The second-order valence-corrected chi connectivity index (χ2v) is 7.14. The van der Waals surface area contributed by atoms with Crippen molar-refractivity contribution in [3.8, 4) is 11.5 Å². The molecule has 0 spiro atoms. The Labute approximate surface area is 130 Å². The van der Waals surface area contributed by atoms with Crippen molar-refractivity contribution in [3.63, 3.8) is 0 Å². The highest BCUT2D eigenvalue weighted by Crippen LogP contribution is 2.63. The third kappa shape index (κ3) is 2.34. The Morgan fingerprint density at radius 1 is 1.05 bits per heavy atom. The topological polar surface area (TPSA) is 18.5 Å². The molecule has 2 aliphatic carbocycles. The minimum absolute atomic E-state index is 0.454. The lowest BCUT2D eigenvalue weighted by molar-refractivity contribution is 0.354. The summed E-state index contributed by atoms with van der Waals surface area (Å²) in [5.74, 6) is 4.36. The molecule has 0 saturated heterocycles. The molecule has 0 radical (unpaired) electrons. The summed E-state index contributed by atoms with van der Waals surface area (Å²) in [5, 5.41) is 0. The maximum atomic E-state index is 5.46. The Bertz CT molecular complexity index is 488. The van der Waals surface area contributed by atoms with Crippen LogP contribution in [0.2, 0.25) is 0 Å². The van der Waals surface area contributed by atoms with Gasteiger partial charge in [0, 0.05) is 4.83 Å². The monoisotopic (exact) mass is 338 g/mol. The van der Waals surface area contributed by atoms with Crippen LogP contribution in [0.1, 0.15) is 41.6 Å². The van der Waals surface area contributed by atoms with Crippen molar-refractivity contribution >= 4 is 15.9 Å². The largest absolute Gasteiger partial charge is 0.493 e. The van der Waals surface area contributed by atoms with Gasteiger partial charge in [0.05, 0.1) is 14.2 Å². The lowest BCUT2D eigenvalue weighted by Gasteiger charge is -2.17. The Balaban J connectivity index is 1.86. The molecule has 2 aliphatic rings. The molecule has 0 amide bonds. The third-order valence-electron chi connectivity index (χ3n) is 5.13. The number of benzene rings is 1. The Morgan fingerprint density at radius 3 is 2.15 bits per heavy atom. The fourth-order valence-corrected chi connectivity index (χ4v) is 5.26. The van der Waals surface area contributed by atoms with Gasteiger partial charge in [-0.3, -0.25) is 0 Å². The Kier molecular flexibility index (Phi) is 3.98. The van der Waals surface area contributed by atoms with E-state index in [1.165, 1.54) is 36.8 Å². The minimum atomic E-state index is 0.454. The van der Waals surface area contributed by atoms with Gasteiger partial charge in [-0.25, -0.2) is 0 Å². The van der Waals surface area contributed by atoms with E-state index in [2.05, 4.69) is 35.0 Å². The Hall–Kier alpha value is -0.700. The molecule has 3 rings (SSSR count). The number of aryl methyl sites for hydroxylation is 1. The SMILES string of the molecule is COc1cc(C)c(C(Br)C2C3CCCCC32)cc1OC. The number of halogens is 1. The van der Waals surface area contributed by atoms with Gasteiger partial charge in [-0.1, -0.05) is 28.8 Å². The van der Waals surface area contributed by atoms with Crippen LogP contribution in [0, 0.1) is 24.7 Å². The molecule has 110 valence electrons. The van der Waals surface area contributed by atoms with Crippen molar-refractivity contribution in [3.05, 3.63) is 23.3 Å². The number of alkyl halides is 1. The minimum Gasteiger partial charge on any atom is -0.493 e. The summed E-state index contributed by atoms with van der Waals surface area (Å²) in [4.78, 5) is 0.454. The van der Waals surface area contributed by atoms with E-state index in [1.54, 1.807) is 14.2 Å². The van der Waals surface area contributed by atoms with Gasteiger partial charge in [0.15, 0.2) is 11.5 Å². The fraction of sp³-hybridized carbons (Fsp3) is 0.647. The van der Waals surface area contributed by atoms with Crippen molar-refractivity contribution in [1.29, 1.82) is 0 Å². The number of methoxy groups -OCH3 is 2. The summed E-state index contributed by atoms with van der Waals surface area (Å²) in [7, 11) is 3.40. The molecule has 1 aromatic carbocycles. The van der Waals surface area contributed by atoms with Crippen LogP contribution in [-0.4, -0.2) is 14.2 Å². The average Bonchev–Trinajstić information content (AvgIpc) is 3.20. The standard InChI is InChI=1S/C17H23BrO2/c1-10-8-14(19-2)15(20-3)9-13(10)17(18)16-11-6-4-5-7-12(11)16/h8-9,11-12,16-17H,4-7H2,1-3H3. The quantitative estimate of drug-likeness (QED) is 0.728. The second kappa shape index (κ2) is 5.59. The molecule has 0 aliphatic heterocycles. The van der Waals surface area contributed by atoms with Crippen LogP contribution in [0.5, 0.6) is 11.5 Å². The molecule has 20 heavy (non-hydrogen) atoms. The molecule has 2 fully saturated rings. The highest BCUT2D eigenvalue weighted by atomic mass is 79.9. The summed E-state index contributed by atoms with van der Waals surface area (Å²) in [6, 6.07) is 4.24. The molecule has 1 aromatic rings. The first kappa shape index (κ1) is 14.2. The van der Waals surface area contributed by atoms with E-state index in [9.17, 15) is 0 Å². The lowest BCUT2D eigenvalue weighted by Crippen LogP contribution is -2.01. The van der Waals surface area contributed by atoms with Crippen molar-refractivity contribution < 1.29 is 9.47 Å². The molecule has 3 heteroatoms. The summed E-state index contributed by atoms with van der Waals surface area (Å²) < 4.78 is 10.8. The van der Waals surface area contributed by atoms with Crippen LogP contribution in [0.15, 0.2) is 12.1 Å². The second-order valence-electron chi connectivity index (χ2n) is 6.16. The van der Waals surface area contributed by atoms with E-state index in [-0.39, 0.29) is 0 Å². The highest BCUT2D eigenvalue weighted by Gasteiger charge is 2.53. The first-order valence-electron chi connectivity index (χ1n) is 7.54. The summed E-state index contributed by atoms with van der Waals surface area (Å²) in [6.07, 6.45) is 5.68. The van der Waals surface area contributed by atoms with Crippen molar-refractivity contribution in [1.82, 2.24) is 0 Å². The van der Waals surface area contributed by atoms with E-state index in [4.69, 9.17) is 9.47 Å². The summed E-state index contributed by atoms with van der Waals surface area (Å²) in [5.41, 5.74) is 2.65. The molecular weight excluding hydrogens is 316 g/mol. The van der Waals surface area contributed by atoms with Gasteiger partial charge in [-0.05, 0) is 60.8 Å². The number of fused-ring (bicyclic) bond motifs is 1. The van der Waals surface area contributed by atoms with Gasteiger partial charge >= 0.3 is 0 Å². The molecule has 0 N–H and O–H groups in total. The van der Waals surface area contributed by atoms with E-state index >= 15 is 0 Å². The predicted molar refractivity (Wildman–Crippen MR) is 84.9 cm³/mol. The zero-order valence-corrected chi connectivity index (χ0v) is 14.1. The molecule has 3 unspecified atom stereocenters. The van der Waals surface area contributed by atoms with Gasteiger partial charge in [0.1, 0.15) is 0 Å². The summed E-state index contributed by atoms with van der Waals surface area (Å²) >= 11 is 3.97. The average molecular weight is 339 g/mol. The lowest BCUT2D eigenvalue weighted by atomic mass is 10.0. The maximum absolute atomic E-state index is 5.46. The Morgan fingerprint density at radius 2 is 1.60 bits per heavy atom. The maximum Gasteiger partial charge on any atom is 0.161 e. The predicted octanol–water partition coefficient (Wildman–Crippen LogP) is 4.88. The smallest absolute Gasteiger partial charge is 0.161 e. The number of hydrogen-bond donors (Lipinski definition) is 0. The first-order valence-corrected chi connectivity index (χ1v) is 8.45. The van der Waals surface area contributed by atoms with Crippen molar-refractivity contribution in [2.45, 2.75) is 37.4 Å². The van der Waals surface area contributed by atoms with Crippen LogP contribution in [-0.2, 0) is 0 Å². The molecule has 3 atom stereocenters. The molecule has 0 heterocycles. The highest BCUT2D eigenvalue weighted by molar-refractivity contribution is 9.09. The van der Waals surface area contributed by atoms with Crippen molar-refractivity contribution in [2.75, 3.05) is 14.2 Å². The molecule has 0 aromatic heterocycles. The number of rotatable bonds is 4. The zero-order chi connectivity index (χ0) is 14.3.